The molecule has 0 bridgehead atoms. The largest absolute Gasteiger partial charge is 0.349 e. The summed E-state index contributed by atoms with van der Waals surface area (Å²) in [5.74, 6) is -0.122. The molecule has 2 aromatic rings. The number of hydrogen-bond acceptors (Lipinski definition) is 3. The van der Waals surface area contributed by atoms with Crippen molar-refractivity contribution in [1.29, 1.82) is 0 Å². The number of hydrogen-bond donors (Lipinski definition) is 1. The lowest BCUT2D eigenvalue weighted by Gasteiger charge is -2.24. The molecule has 3 rings (SSSR count). The Morgan fingerprint density at radius 1 is 1.38 bits per heavy atom. The van der Waals surface area contributed by atoms with Crippen molar-refractivity contribution in [3.63, 3.8) is 0 Å². The molecule has 5 nitrogen and oxygen atoms in total. The molecule has 1 amide bonds. The number of fused-ring (bicyclic) bond motifs is 1. The summed E-state index contributed by atoms with van der Waals surface area (Å²) < 4.78 is 2.36. The van der Waals surface area contributed by atoms with Crippen LogP contribution in [0.25, 0.3) is 6.08 Å². The van der Waals surface area contributed by atoms with Crippen molar-refractivity contribution in [2.75, 3.05) is 0 Å². The Hall–Kier alpha value is -2.21. The van der Waals surface area contributed by atoms with E-state index in [-0.39, 0.29) is 17.5 Å². The molecule has 24 heavy (non-hydrogen) atoms. The highest BCUT2D eigenvalue weighted by Gasteiger charge is 2.21. The van der Waals surface area contributed by atoms with Gasteiger partial charge in [-0.2, -0.15) is 5.10 Å². The average molecular weight is 388 g/mol. The Labute approximate surface area is 148 Å². The number of benzene rings is 1. The van der Waals surface area contributed by atoms with Gasteiger partial charge in [0.25, 0.3) is 5.56 Å². The molecular formula is C18H18BrN3O2. The van der Waals surface area contributed by atoms with Crippen molar-refractivity contribution in [2.45, 2.75) is 25.3 Å². The van der Waals surface area contributed by atoms with Gasteiger partial charge in [0.2, 0.25) is 5.91 Å². The third-order valence-electron chi connectivity index (χ3n) is 4.10. The third-order valence-corrected chi connectivity index (χ3v) is 4.63. The highest BCUT2D eigenvalue weighted by atomic mass is 79.9. The van der Waals surface area contributed by atoms with Gasteiger partial charge >= 0.3 is 0 Å². The van der Waals surface area contributed by atoms with E-state index in [0.717, 1.165) is 34.1 Å². The van der Waals surface area contributed by atoms with E-state index in [9.17, 15) is 9.59 Å². The lowest BCUT2D eigenvalue weighted by Crippen LogP contribution is -2.39. The number of carbonyl (C=O) groups is 1. The van der Waals surface area contributed by atoms with Gasteiger partial charge in [-0.05, 0) is 48.6 Å². The van der Waals surface area contributed by atoms with Crippen molar-refractivity contribution in [2.24, 2.45) is 7.05 Å². The second-order valence-corrected chi connectivity index (χ2v) is 6.83. The molecule has 0 spiro atoms. The summed E-state index contributed by atoms with van der Waals surface area (Å²) in [4.78, 5) is 23.8. The van der Waals surface area contributed by atoms with Crippen LogP contribution in [-0.2, 0) is 24.7 Å². The van der Waals surface area contributed by atoms with Crippen LogP contribution in [0.5, 0.6) is 0 Å². The quantitative estimate of drug-likeness (QED) is 0.821. The summed E-state index contributed by atoms with van der Waals surface area (Å²) in [6, 6.07) is 9.40. The molecule has 1 aromatic heterocycles. The Morgan fingerprint density at radius 2 is 2.12 bits per heavy atom. The van der Waals surface area contributed by atoms with E-state index in [1.165, 1.54) is 4.68 Å². The molecule has 6 heteroatoms. The maximum absolute atomic E-state index is 12.1. The number of nitrogens with zero attached hydrogens (tertiary/aromatic N) is 2. The number of carbonyl (C=O) groups excluding carboxylic acids is 1. The van der Waals surface area contributed by atoms with Crippen molar-refractivity contribution in [1.82, 2.24) is 15.1 Å². The van der Waals surface area contributed by atoms with E-state index in [2.05, 4.69) is 26.3 Å². The minimum atomic E-state index is -0.122. The van der Waals surface area contributed by atoms with E-state index < -0.39 is 0 Å². The molecule has 0 saturated carbocycles. The predicted molar refractivity (Wildman–Crippen MR) is 96.6 cm³/mol. The average Bonchev–Trinajstić information content (AvgIpc) is 2.56. The summed E-state index contributed by atoms with van der Waals surface area (Å²) in [6.07, 6.45) is 5.58. The number of halogens is 1. The summed E-state index contributed by atoms with van der Waals surface area (Å²) in [6.45, 7) is 0. The molecular weight excluding hydrogens is 370 g/mol. The lowest BCUT2D eigenvalue weighted by atomic mass is 9.92. The van der Waals surface area contributed by atoms with Crippen molar-refractivity contribution < 1.29 is 4.79 Å². The molecule has 1 heterocycles. The van der Waals surface area contributed by atoms with E-state index in [1.807, 2.05) is 24.3 Å². The molecule has 1 atom stereocenters. The maximum atomic E-state index is 12.1. The minimum absolute atomic E-state index is 0.0356. The zero-order valence-electron chi connectivity index (χ0n) is 13.3. The van der Waals surface area contributed by atoms with E-state index in [0.29, 0.717) is 6.42 Å². The van der Waals surface area contributed by atoms with Gasteiger partial charge in [0.1, 0.15) is 0 Å². The van der Waals surface area contributed by atoms with Crippen LogP contribution in [0.4, 0.5) is 0 Å². The molecule has 1 unspecified atom stereocenters. The molecule has 1 aliphatic carbocycles. The number of amides is 1. The van der Waals surface area contributed by atoms with Crippen LogP contribution in [0.1, 0.15) is 23.2 Å². The van der Waals surface area contributed by atoms with Crippen molar-refractivity contribution in [3.8, 4) is 0 Å². The van der Waals surface area contributed by atoms with Gasteiger partial charge < -0.3 is 5.32 Å². The van der Waals surface area contributed by atoms with Crippen LogP contribution < -0.4 is 10.9 Å². The van der Waals surface area contributed by atoms with Crippen LogP contribution in [-0.4, -0.2) is 21.7 Å². The second kappa shape index (κ2) is 7.13. The number of nitrogens with one attached hydrogen (secondary N) is 1. The summed E-state index contributed by atoms with van der Waals surface area (Å²) in [5, 5.41) is 7.29. The summed E-state index contributed by atoms with van der Waals surface area (Å²) >= 11 is 3.38. The van der Waals surface area contributed by atoms with Gasteiger partial charge in [0, 0.05) is 29.7 Å². The van der Waals surface area contributed by atoms with Gasteiger partial charge in [0.05, 0.1) is 5.69 Å². The fraction of sp³-hybridized carbons (Fsp3) is 0.278. The fourth-order valence-electron chi connectivity index (χ4n) is 2.80. The first-order valence-corrected chi connectivity index (χ1v) is 8.61. The normalized spacial score (nSPS) is 16.8. The maximum Gasteiger partial charge on any atom is 0.266 e. The van der Waals surface area contributed by atoms with Crippen LogP contribution in [0, 0.1) is 0 Å². The first-order chi connectivity index (χ1) is 11.5. The van der Waals surface area contributed by atoms with Gasteiger partial charge in [-0.1, -0.05) is 28.1 Å². The van der Waals surface area contributed by atoms with Gasteiger partial charge in [-0.3, -0.25) is 9.59 Å². The Bertz CT molecular complexity index is 840. The van der Waals surface area contributed by atoms with Crippen LogP contribution in [0.15, 0.2) is 45.7 Å². The van der Waals surface area contributed by atoms with Crippen LogP contribution in [0.3, 0.4) is 0 Å². The molecule has 124 valence electrons. The number of rotatable bonds is 3. The molecule has 0 radical (unpaired) electrons. The number of aryl methyl sites for hydroxylation is 2. The lowest BCUT2D eigenvalue weighted by molar-refractivity contribution is -0.117. The van der Waals surface area contributed by atoms with Crippen LogP contribution in [0.2, 0.25) is 0 Å². The van der Waals surface area contributed by atoms with Gasteiger partial charge in [-0.15, -0.1) is 0 Å². The van der Waals surface area contributed by atoms with Crippen molar-refractivity contribution in [3.05, 3.63) is 68.1 Å². The van der Waals surface area contributed by atoms with E-state index in [4.69, 9.17) is 0 Å². The highest BCUT2D eigenvalue weighted by molar-refractivity contribution is 9.10. The molecule has 0 saturated heterocycles. The molecule has 1 aromatic carbocycles. The molecule has 0 fully saturated rings. The zero-order chi connectivity index (χ0) is 17.1. The standard InChI is InChI=1S/C18H18BrN3O2/c1-22-18(24)11-13-10-15(7-8-16(13)21-22)20-17(23)9-4-12-2-5-14(19)6-3-12/h2-6,9,11,15H,7-8,10H2,1H3,(H,20,23)/b9-4+. The monoisotopic (exact) mass is 387 g/mol. The summed E-state index contributed by atoms with van der Waals surface area (Å²) in [5.41, 5.74) is 2.74. The molecule has 1 aliphatic rings. The van der Waals surface area contributed by atoms with Crippen LogP contribution >= 0.6 is 15.9 Å². The molecule has 1 N–H and O–H groups in total. The van der Waals surface area contributed by atoms with Gasteiger partial charge in [0.15, 0.2) is 0 Å². The molecule has 0 aliphatic heterocycles. The Balaban J connectivity index is 1.62. The third kappa shape index (κ3) is 4.00. The van der Waals surface area contributed by atoms with E-state index in [1.54, 1.807) is 25.3 Å². The predicted octanol–water partition coefficient (Wildman–Crippen LogP) is 2.23. The fourth-order valence-corrected chi connectivity index (χ4v) is 3.07. The van der Waals surface area contributed by atoms with E-state index >= 15 is 0 Å². The zero-order valence-corrected chi connectivity index (χ0v) is 14.9. The minimum Gasteiger partial charge on any atom is -0.349 e. The topological polar surface area (TPSA) is 64.0 Å². The highest BCUT2D eigenvalue weighted by Crippen LogP contribution is 2.18. The smallest absolute Gasteiger partial charge is 0.266 e. The van der Waals surface area contributed by atoms with Crippen molar-refractivity contribution >= 4 is 27.9 Å². The SMILES string of the molecule is Cn1nc2c(cc1=O)CC(NC(=O)/C=C/c1ccc(Br)cc1)CC2. The Morgan fingerprint density at radius 3 is 2.88 bits per heavy atom. The summed E-state index contributed by atoms with van der Waals surface area (Å²) in [7, 11) is 1.66. The second-order valence-electron chi connectivity index (χ2n) is 5.91. The first kappa shape index (κ1) is 16.6. The first-order valence-electron chi connectivity index (χ1n) is 7.81. The number of aromatic nitrogens is 2. The Kier molecular flexibility index (Phi) is 4.94. The van der Waals surface area contributed by atoms with Gasteiger partial charge in [-0.25, -0.2) is 4.68 Å².